The van der Waals surface area contributed by atoms with E-state index >= 15 is 0 Å². The number of rotatable bonds is 3. The van der Waals surface area contributed by atoms with Crippen LogP contribution in [0.4, 0.5) is 13.2 Å². The smallest absolute Gasteiger partial charge is 0.166 e. The van der Waals surface area contributed by atoms with Crippen LogP contribution in [0.2, 0.25) is 0 Å². The summed E-state index contributed by atoms with van der Waals surface area (Å²) in [4.78, 5) is 0. The first kappa shape index (κ1) is 13.3. The van der Waals surface area contributed by atoms with Crippen LogP contribution in [0.3, 0.4) is 0 Å². The minimum atomic E-state index is -4.29. The van der Waals surface area contributed by atoms with Crippen LogP contribution < -0.4 is 0 Å². The molecule has 0 aliphatic heterocycles. The molecule has 0 bridgehead atoms. The Labute approximate surface area is 101 Å². The van der Waals surface area contributed by atoms with E-state index < -0.39 is 11.7 Å². The van der Waals surface area contributed by atoms with Gasteiger partial charge in [0.15, 0.2) is 0 Å². The Balaban J connectivity index is 3.14. The summed E-state index contributed by atoms with van der Waals surface area (Å²) in [5.74, 6) is 0. The van der Waals surface area contributed by atoms with Gasteiger partial charge >= 0.3 is 6.18 Å². The maximum Gasteiger partial charge on any atom is 0.416 e. The van der Waals surface area contributed by atoms with Gasteiger partial charge in [-0.1, -0.05) is 40.2 Å². The van der Waals surface area contributed by atoms with Crippen molar-refractivity contribution in [3.8, 4) is 0 Å². The molecule has 0 aliphatic carbocycles. The Morgan fingerprint density at radius 2 is 1.94 bits per heavy atom. The van der Waals surface area contributed by atoms with E-state index in [1.165, 1.54) is 12.1 Å². The maximum absolute atomic E-state index is 12.7. The zero-order valence-electron chi connectivity index (χ0n) is 8.81. The van der Waals surface area contributed by atoms with Crippen molar-refractivity contribution in [2.45, 2.75) is 19.5 Å². The van der Waals surface area contributed by atoms with Gasteiger partial charge in [0.25, 0.3) is 0 Å². The highest BCUT2D eigenvalue weighted by Crippen LogP contribution is 2.34. The summed E-state index contributed by atoms with van der Waals surface area (Å²) in [7, 11) is 0. The highest BCUT2D eigenvalue weighted by Gasteiger charge is 2.33. The molecular weight excluding hydrogens is 281 g/mol. The Bertz CT molecular complexity index is 380. The average molecular weight is 293 g/mol. The second kappa shape index (κ2) is 5.53. The van der Waals surface area contributed by atoms with E-state index in [1.54, 1.807) is 19.1 Å². The second-order valence-electron chi connectivity index (χ2n) is 3.41. The molecule has 0 fully saturated rings. The fraction of sp³-hybridized carbons (Fsp3) is 0.333. The SMILES string of the molecule is C/C(=C\CCBr)c1ccccc1C(F)(F)F. The lowest BCUT2D eigenvalue weighted by Crippen LogP contribution is -2.08. The summed E-state index contributed by atoms with van der Waals surface area (Å²) in [6.07, 6.45) is -1.77. The van der Waals surface area contributed by atoms with Crippen molar-refractivity contribution >= 4 is 21.5 Å². The molecule has 0 aliphatic rings. The van der Waals surface area contributed by atoms with Crippen LogP contribution in [-0.2, 0) is 6.18 Å². The predicted molar refractivity (Wildman–Crippen MR) is 63.5 cm³/mol. The molecule has 0 amide bonds. The number of alkyl halides is 4. The van der Waals surface area contributed by atoms with Gasteiger partial charge in [-0.3, -0.25) is 0 Å². The van der Waals surface area contributed by atoms with Crippen molar-refractivity contribution in [1.82, 2.24) is 0 Å². The quantitative estimate of drug-likeness (QED) is 0.696. The number of halogens is 4. The Kier molecular flexibility index (Phi) is 4.59. The molecule has 16 heavy (non-hydrogen) atoms. The number of hydrogen-bond acceptors (Lipinski definition) is 0. The molecule has 1 aromatic rings. The first-order valence-electron chi connectivity index (χ1n) is 4.86. The van der Waals surface area contributed by atoms with E-state index in [1.807, 2.05) is 0 Å². The fourth-order valence-electron chi connectivity index (χ4n) is 1.46. The minimum Gasteiger partial charge on any atom is -0.166 e. The minimum absolute atomic E-state index is 0.260. The van der Waals surface area contributed by atoms with Crippen molar-refractivity contribution in [3.05, 3.63) is 41.5 Å². The fourth-order valence-corrected chi connectivity index (χ4v) is 1.68. The molecule has 4 heteroatoms. The van der Waals surface area contributed by atoms with E-state index in [4.69, 9.17) is 0 Å². The third kappa shape index (κ3) is 3.37. The average Bonchev–Trinajstić information content (AvgIpc) is 2.24. The highest BCUT2D eigenvalue weighted by atomic mass is 79.9. The maximum atomic E-state index is 12.7. The van der Waals surface area contributed by atoms with E-state index in [0.29, 0.717) is 5.57 Å². The predicted octanol–water partition coefficient (Wildman–Crippen LogP) is 4.89. The monoisotopic (exact) mass is 292 g/mol. The number of hydrogen-bond donors (Lipinski definition) is 0. The van der Waals surface area contributed by atoms with E-state index in [0.717, 1.165) is 17.8 Å². The third-order valence-corrected chi connectivity index (χ3v) is 2.67. The van der Waals surface area contributed by atoms with Crippen LogP contribution >= 0.6 is 15.9 Å². The standard InChI is InChI=1S/C12H12BrF3/c1-9(5-4-8-13)10-6-2-3-7-11(10)12(14,15)16/h2-3,5-7H,4,8H2,1H3/b9-5+. The summed E-state index contributed by atoms with van der Waals surface area (Å²) in [5, 5.41) is 0.749. The van der Waals surface area contributed by atoms with Crippen molar-refractivity contribution in [1.29, 1.82) is 0 Å². The Hall–Kier alpha value is -0.770. The molecule has 1 rings (SSSR count). The van der Waals surface area contributed by atoms with Gasteiger partial charge in [-0.2, -0.15) is 13.2 Å². The van der Waals surface area contributed by atoms with Gasteiger partial charge in [0, 0.05) is 5.33 Å². The topological polar surface area (TPSA) is 0 Å². The summed E-state index contributed by atoms with van der Waals surface area (Å²) >= 11 is 3.24. The summed E-state index contributed by atoms with van der Waals surface area (Å²) in [6, 6.07) is 5.64. The molecule has 0 N–H and O–H groups in total. The normalized spacial score (nSPS) is 12.9. The molecule has 0 aromatic heterocycles. The van der Waals surface area contributed by atoms with E-state index in [9.17, 15) is 13.2 Å². The van der Waals surface area contributed by atoms with E-state index in [2.05, 4.69) is 15.9 Å². The Morgan fingerprint density at radius 3 is 2.50 bits per heavy atom. The number of benzene rings is 1. The second-order valence-corrected chi connectivity index (χ2v) is 4.20. The van der Waals surface area contributed by atoms with Gasteiger partial charge in [0.05, 0.1) is 5.56 Å². The largest absolute Gasteiger partial charge is 0.416 e. The summed E-state index contributed by atoms with van der Waals surface area (Å²) < 4.78 is 38.1. The van der Waals surface area contributed by atoms with Crippen LogP contribution in [0.1, 0.15) is 24.5 Å². The first-order valence-corrected chi connectivity index (χ1v) is 5.98. The molecule has 1 aromatic carbocycles. The summed E-state index contributed by atoms with van der Waals surface area (Å²) in [5.41, 5.74) is 0.349. The zero-order valence-corrected chi connectivity index (χ0v) is 10.4. The van der Waals surface area contributed by atoms with Crippen LogP contribution in [0.15, 0.2) is 30.3 Å². The number of allylic oxidation sites excluding steroid dienone is 2. The molecule has 88 valence electrons. The molecule has 0 spiro atoms. The lowest BCUT2D eigenvalue weighted by molar-refractivity contribution is -0.137. The highest BCUT2D eigenvalue weighted by molar-refractivity contribution is 9.09. The molecule has 0 nitrogen and oxygen atoms in total. The zero-order chi connectivity index (χ0) is 12.2. The van der Waals surface area contributed by atoms with Gasteiger partial charge in [0.2, 0.25) is 0 Å². The molecule has 0 heterocycles. The van der Waals surface area contributed by atoms with Crippen molar-refractivity contribution in [2.75, 3.05) is 5.33 Å². The Morgan fingerprint density at radius 1 is 1.31 bits per heavy atom. The molecule has 0 saturated heterocycles. The lowest BCUT2D eigenvalue weighted by atomic mass is 10.00. The van der Waals surface area contributed by atoms with Crippen LogP contribution in [0.25, 0.3) is 5.57 Å². The molecule has 0 atom stereocenters. The molecular formula is C12H12BrF3. The van der Waals surface area contributed by atoms with Crippen LogP contribution in [0.5, 0.6) is 0 Å². The molecule has 0 radical (unpaired) electrons. The van der Waals surface area contributed by atoms with Gasteiger partial charge in [-0.05, 0) is 30.5 Å². The van der Waals surface area contributed by atoms with Crippen LogP contribution in [-0.4, -0.2) is 5.33 Å². The molecule has 0 unspecified atom stereocenters. The van der Waals surface area contributed by atoms with Crippen molar-refractivity contribution in [2.24, 2.45) is 0 Å². The third-order valence-electron chi connectivity index (χ3n) is 2.22. The van der Waals surface area contributed by atoms with Crippen molar-refractivity contribution < 1.29 is 13.2 Å². The van der Waals surface area contributed by atoms with Crippen LogP contribution in [0, 0.1) is 0 Å². The van der Waals surface area contributed by atoms with Crippen molar-refractivity contribution in [3.63, 3.8) is 0 Å². The van der Waals surface area contributed by atoms with Gasteiger partial charge in [-0.15, -0.1) is 0 Å². The van der Waals surface area contributed by atoms with Gasteiger partial charge < -0.3 is 0 Å². The first-order chi connectivity index (χ1) is 7.46. The molecule has 0 saturated carbocycles. The summed E-state index contributed by atoms with van der Waals surface area (Å²) in [6.45, 7) is 1.70. The lowest BCUT2D eigenvalue weighted by Gasteiger charge is -2.12. The van der Waals surface area contributed by atoms with E-state index in [-0.39, 0.29) is 5.56 Å². The van der Waals surface area contributed by atoms with Gasteiger partial charge in [0.1, 0.15) is 0 Å². The van der Waals surface area contributed by atoms with Gasteiger partial charge in [-0.25, -0.2) is 0 Å².